The third-order valence-electron chi connectivity index (χ3n) is 6.65. The molecule has 1 N–H and O–H groups in total. The number of nitrogens with zero attached hydrogens (tertiary/aromatic N) is 2. The summed E-state index contributed by atoms with van der Waals surface area (Å²) in [5.41, 5.74) is 4.15. The van der Waals surface area contributed by atoms with Gasteiger partial charge in [0.2, 0.25) is 0 Å². The maximum Gasteiger partial charge on any atom is 0.268 e. The summed E-state index contributed by atoms with van der Waals surface area (Å²) in [6.45, 7) is 3.64. The van der Waals surface area contributed by atoms with Crippen LogP contribution in [0.15, 0.2) is 59.8 Å². The predicted molar refractivity (Wildman–Crippen MR) is 115 cm³/mol. The van der Waals surface area contributed by atoms with E-state index in [4.69, 9.17) is 0 Å². The molecular weight excluding hydrogens is 401 g/mol. The van der Waals surface area contributed by atoms with Crippen LogP contribution in [0.25, 0.3) is 6.08 Å². The Morgan fingerprint density at radius 3 is 2.83 bits per heavy atom. The van der Waals surface area contributed by atoms with Gasteiger partial charge in [-0.05, 0) is 73.6 Å². The minimum Gasteiger partial charge on any atom is -0.316 e. The monoisotopic (exact) mass is 425 g/mol. The van der Waals surface area contributed by atoms with Crippen LogP contribution in [0.2, 0.25) is 0 Å². The molecule has 1 fully saturated rings. The molecule has 156 valence electrons. The summed E-state index contributed by atoms with van der Waals surface area (Å²) in [5.74, 6) is 0.00865. The molecule has 5 nitrogen and oxygen atoms in total. The molecule has 1 saturated heterocycles. The molecule has 5 rings (SSSR count). The van der Waals surface area contributed by atoms with Crippen molar-refractivity contribution in [3.05, 3.63) is 82.5 Å². The molecule has 2 aliphatic carbocycles. The minimum absolute atomic E-state index is 0.279. The smallest absolute Gasteiger partial charge is 0.268 e. The highest BCUT2D eigenvalue weighted by molar-refractivity contribution is 7.91. The fourth-order valence-electron chi connectivity index (χ4n) is 4.96. The largest absolute Gasteiger partial charge is 0.316 e. The molecule has 0 bridgehead atoms. The minimum atomic E-state index is -3.97. The van der Waals surface area contributed by atoms with Crippen LogP contribution >= 0.6 is 0 Å². The van der Waals surface area contributed by atoms with Crippen LogP contribution in [-0.2, 0) is 21.2 Å². The Balaban J connectivity index is 1.69. The van der Waals surface area contributed by atoms with E-state index in [1.807, 2.05) is 31.2 Å². The van der Waals surface area contributed by atoms with Crippen molar-refractivity contribution < 1.29 is 12.8 Å². The van der Waals surface area contributed by atoms with Gasteiger partial charge >= 0.3 is 0 Å². The van der Waals surface area contributed by atoms with Crippen LogP contribution < -0.4 is 5.32 Å². The van der Waals surface area contributed by atoms with E-state index in [1.54, 1.807) is 18.3 Å². The van der Waals surface area contributed by atoms with Gasteiger partial charge in [-0.15, -0.1) is 0 Å². The summed E-state index contributed by atoms with van der Waals surface area (Å²) in [6.07, 6.45) is 11.2. The lowest BCUT2D eigenvalue weighted by Crippen LogP contribution is -2.42. The highest BCUT2D eigenvalue weighted by Gasteiger charge is 2.49. The van der Waals surface area contributed by atoms with Crippen molar-refractivity contribution in [2.45, 2.75) is 30.9 Å². The molecule has 7 heteroatoms. The number of aromatic nitrogens is 2. The lowest BCUT2D eigenvalue weighted by atomic mass is 9.83. The first-order valence-electron chi connectivity index (χ1n) is 10.3. The Bertz CT molecular complexity index is 1190. The predicted octanol–water partition coefficient (Wildman–Crippen LogP) is 3.55. The fraction of sp³-hybridized carbons (Fsp3) is 0.348. The summed E-state index contributed by atoms with van der Waals surface area (Å²) in [7, 11) is -3.97. The molecule has 3 aliphatic rings. The molecule has 0 spiro atoms. The molecule has 0 saturated carbocycles. The highest BCUT2D eigenvalue weighted by atomic mass is 32.2. The van der Waals surface area contributed by atoms with Crippen LogP contribution in [0.3, 0.4) is 0 Å². The Morgan fingerprint density at radius 1 is 1.27 bits per heavy atom. The first kappa shape index (κ1) is 19.5. The van der Waals surface area contributed by atoms with Gasteiger partial charge in [-0.2, -0.15) is 9.19 Å². The van der Waals surface area contributed by atoms with E-state index < -0.39 is 20.6 Å². The molecule has 2 heterocycles. The Hall–Kier alpha value is -2.51. The zero-order valence-corrected chi connectivity index (χ0v) is 17.6. The summed E-state index contributed by atoms with van der Waals surface area (Å²) >= 11 is 0. The van der Waals surface area contributed by atoms with Crippen molar-refractivity contribution >= 4 is 16.1 Å². The average molecular weight is 426 g/mol. The number of allylic oxidation sites excluding steroid dienone is 3. The van der Waals surface area contributed by atoms with Crippen LogP contribution in [0.5, 0.6) is 0 Å². The fourth-order valence-corrected chi connectivity index (χ4v) is 7.07. The molecule has 1 aliphatic heterocycles. The highest BCUT2D eigenvalue weighted by Crippen LogP contribution is 2.45. The van der Waals surface area contributed by atoms with Crippen LogP contribution in [0.4, 0.5) is 4.39 Å². The standard InChI is InChI=1S/C23H24FN3O2S/c1-16-4-2-3-10-23(16,20-5-7-21(24)8-6-20)30(28,29)27-22-13-17-9-11-25-14-18(17)12-19(22)15-26-27/h2-8,13,15,18,25H,9-12,14H2,1H3. The number of rotatable bonds is 3. The van der Waals surface area contributed by atoms with Crippen molar-refractivity contribution in [3.8, 4) is 0 Å². The average Bonchev–Trinajstić information content (AvgIpc) is 3.16. The lowest BCUT2D eigenvalue weighted by Gasteiger charge is -2.36. The third kappa shape index (κ3) is 2.76. The number of hydrogen-bond donors (Lipinski definition) is 1. The van der Waals surface area contributed by atoms with E-state index in [-0.39, 0.29) is 6.42 Å². The van der Waals surface area contributed by atoms with E-state index >= 15 is 0 Å². The number of hydrogen-bond acceptors (Lipinski definition) is 4. The van der Waals surface area contributed by atoms with Gasteiger partial charge in [0.25, 0.3) is 10.0 Å². The lowest BCUT2D eigenvalue weighted by molar-refractivity contribution is 0.467. The molecule has 1 aromatic carbocycles. The topological polar surface area (TPSA) is 64.0 Å². The summed E-state index contributed by atoms with van der Waals surface area (Å²) < 4.78 is 41.9. The zero-order chi connectivity index (χ0) is 20.9. The molecule has 0 radical (unpaired) electrons. The molecule has 2 unspecified atom stereocenters. The van der Waals surface area contributed by atoms with Crippen LogP contribution in [-0.4, -0.2) is 30.7 Å². The Labute approximate surface area is 176 Å². The van der Waals surface area contributed by atoms with E-state index in [9.17, 15) is 12.8 Å². The van der Waals surface area contributed by atoms with Gasteiger partial charge in [-0.3, -0.25) is 0 Å². The zero-order valence-electron chi connectivity index (χ0n) is 16.8. The molecular formula is C23H24FN3O2S. The second-order valence-electron chi connectivity index (χ2n) is 8.29. The van der Waals surface area contributed by atoms with E-state index in [1.165, 1.54) is 21.8 Å². The third-order valence-corrected chi connectivity index (χ3v) is 9.00. The molecule has 30 heavy (non-hydrogen) atoms. The first-order valence-corrected chi connectivity index (χ1v) is 11.7. The van der Waals surface area contributed by atoms with Crippen molar-refractivity contribution in [3.63, 3.8) is 0 Å². The van der Waals surface area contributed by atoms with E-state index in [0.717, 1.165) is 31.5 Å². The van der Waals surface area contributed by atoms with Gasteiger partial charge in [-0.1, -0.05) is 35.9 Å². The summed E-state index contributed by atoms with van der Waals surface area (Å²) in [5, 5.41) is 7.77. The van der Waals surface area contributed by atoms with Gasteiger partial charge < -0.3 is 5.32 Å². The number of fused-ring (bicyclic) bond motifs is 2. The first-order chi connectivity index (χ1) is 14.4. The van der Waals surface area contributed by atoms with Crippen molar-refractivity contribution in [2.24, 2.45) is 5.92 Å². The van der Waals surface area contributed by atoms with E-state index in [2.05, 4.69) is 10.4 Å². The van der Waals surface area contributed by atoms with E-state index in [0.29, 0.717) is 22.7 Å². The van der Waals surface area contributed by atoms with Crippen LogP contribution in [0.1, 0.15) is 36.6 Å². The number of halogens is 1. The summed E-state index contributed by atoms with van der Waals surface area (Å²) in [4.78, 5) is 0. The van der Waals surface area contributed by atoms with Gasteiger partial charge in [0, 0.05) is 6.54 Å². The van der Waals surface area contributed by atoms with Crippen molar-refractivity contribution in [1.82, 2.24) is 14.5 Å². The number of benzene rings is 1. The normalized spacial score (nSPS) is 25.9. The second kappa shape index (κ2) is 7.03. The summed E-state index contributed by atoms with van der Waals surface area (Å²) in [6, 6.07) is 5.78. The second-order valence-corrected chi connectivity index (χ2v) is 10.3. The Kier molecular flexibility index (Phi) is 4.56. The van der Waals surface area contributed by atoms with Gasteiger partial charge in [0.15, 0.2) is 0 Å². The number of nitrogens with one attached hydrogen (secondary N) is 1. The quantitative estimate of drug-likeness (QED) is 0.817. The van der Waals surface area contributed by atoms with Crippen molar-refractivity contribution in [2.75, 3.05) is 13.1 Å². The molecule has 2 atom stereocenters. The maximum absolute atomic E-state index is 14.2. The van der Waals surface area contributed by atoms with Gasteiger partial charge in [0.05, 0.1) is 11.9 Å². The van der Waals surface area contributed by atoms with Crippen molar-refractivity contribution in [1.29, 1.82) is 0 Å². The molecule has 1 aromatic heterocycles. The van der Waals surface area contributed by atoms with Gasteiger partial charge in [-0.25, -0.2) is 12.8 Å². The number of piperidine rings is 1. The molecule has 2 aromatic rings. The van der Waals surface area contributed by atoms with Gasteiger partial charge in [0.1, 0.15) is 10.6 Å². The molecule has 0 amide bonds. The maximum atomic E-state index is 14.2. The van der Waals surface area contributed by atoms with Crippen LogP contribution in [0, 0.1) is 11.7 Å². The SMILES string of the molecule is CC1=CC=CCC1(c1ccc(F)cc1)S(=O)(=O)n1ncc2c1C=C1CCNCC1C2. The Morgan fingerprint density at radius 2 is 2.07 bits per heavy atom.